The highest BCUT2D eigenvalue weighted by Crippen LogP contribution is 2.32. The molecule has 0 aliphatic rings. The summed E-state index contributed by atoms with van der Waals surface area (Å²) in [4.78, 5) is 8.72. The van der Waals surface area contributed by atoms with Crippen molar-refractivity contribution in [1.82, 2.24) is 15.3 Å². The second-order valence-electron chi connectivity index (χ2n) is 8.06. The average Bonchev–Trinajstić information content (AvgIpc) is 3.45. The molecule has 2 heterocycles. The molecule has 0 radical (unpaired) electrons. The summed E-state index contributed by atoms with van der Waals surface area (Å²) in [5.74, 6) is 0.449. The summed E-state index contributed by atoms with van der Waals surface area (Å²) < 4.78 is 73.4. The number of fused-ring (bicyclic) bond motifs is 1. The molecule has 0 amide bonds. The van der Waals surface area contributed by atoms with E-state index in [1.54, 1.807) is 6.07 Å². The highest BCUT2D eigenvalue weighted by Gasteiger charge is 2.11. The lowest BCUT2D eigenvalue weighted by molar-refractivity contribution is 0.306. The SMILES string of the molecule is [2H]c1c([2H])c(F)c([2H])c(C([2H])([2H])Oc2ccc(Nc3ncnc4ccc(-c5ccc(CNCCC)o5)cc34)cc2Cl)c1[2H]. The van der Waals surface area contributed by atoms with Crippen LogP contribution in [0.15, 0.2) is 83.4 Å². The molecular weight excluding hydrogens is 491 g/mol. The highest BCUT2D eigenvalue weighted by atomic mass is 35.5. The van der Waals surface area contributed by atoms with E-state index < -0.39 is 42.1 Å². The van der Waals surface area contributed by atoms with Crippen LogP contribution >= 0.6 is 11.6 Å². The zero-order chi connectivity index (χ0) is 30.9. The summed E-state index contributed by atoms with van der Waals surface area (Å²) >= 11 is 6.41. The largest absolute Gasteiger partial charge is 0.487 e. The number of furan rings is 1. The number of benzene rings is 3. The van der Waals surface area contributed by atoms with Gasteiger partial charge in [0.1, 0.15) is 41.8 Å². The number of hydrogen-bond donors (Lipinski definition) is 2. The number of anilines is 2. The maximum atomic E-state index is 14.3. The van der Waals surface area contributed by atoms with Gasteiger partial charge in [-0.3, -0.25) is 0 Å². The van der Waals surface area contributed by atoms with E-state index in [1.807, 2.05) is 30.3 Å². The van der Waals surface area contributed by atoms with Gasteiger partial charge in [-0.15, -0.1) is 0 Å². The Hall–Kier alpha value is -3.94. The van der Waals surface area contributed by atoms with Gasteiger partial charge in [-0.2, -0.15) is 0 Å². The van der Waals surface area contributed by atoms with Crippen molar-refractivity contribution in [1.29, 1.82) is 0 Å². The Balaban J connectivity index is 1.39. The Morgan fingerprint density at radius 1 is 1.14 bits per heavy atom. The van der Waals surface area contributed by atoms with Crippen LogP contribution in [0.1, 0.15) is 32.9 Å². The highest BCUT2D eigenvalue weighted by molar-refractivity contribution is 6.32. The summed E-state index contributed by atoms with van der Waals surface area (Å²) in [6.45, 7) is 0.734. The van der Waals surface area contributed by atoms with E-state index in [1.165, 1.54) is 18.5 Å². The van der Waals surface area contributed by atoms with Gasteiger partial charge in [-0.05, 0) is 79.1 Å². The van der Waals surface area contributed by atoms with E-state index in [9.17, 15) is 4.39 Å². The van der Waals surface area contributed by atoms with Crippen LogP contribution in [-0.4, -0.2) is 16.5 Å². The molecule has 0 unspecified atom stereocenters. The number of nitrogens with one attached hydrogen (secondary N) is 2. The van der Waals surface area contributed by atoms with Gasteiger partial charge < -0.3 is 19.8 Å². The molecule has 8 heteroatoms. The monoisotopic (exact) mass is 522 g/mol. The van der Waals surface area contributed by atoms with Crippen LogP contribution in [0.4, 0.5) is 15.9 Å². The Morgan fingerprint density at radius 2 is 2.05 bits per heavy atom. The summed E-state index contributed by atoms with van der Waals surface area (Å²) in [6.07, 6.45) is 2.45. The minimum atomic E-state index is -2.89. The molecule has 0 saturated carbocycles. The summed E-state index contributed by atoms with van der Waals surface area (Å²) in [5, 5.41) is 7.19. The van der Waals surface area contributed by atoms with Crippen molar-refractivity contribution in [3.63, 3.8) is 0 Å². The third kappa shape index (κ3) is 6.07. The van der Waals surface area contributed by atoms with Gasteiger partial charge in [0.15, 0.2) is 0 Å². The fourth-order valence-electron chi connectivity index (χ4n) is 3.60. The Kier molecular flexibility index (Phi) is 5.65. The first-order valence-electron chi connectivity index (χ1n) is 14.6. The molecule has 5 rings (SSSR count). The molecule has 0 saturated heterocycles. The lowest BCUT2D eigenvalue weighted by atomic mass is 10.1. The van der Waals surface area contributed by atoms with Crippen LogP contribution in [-0.2, 0) is 13.1 Å². The standard InChI is InChI=1S/C29H26ClFN4O2/c1-2-12-32-16-23-8-11-27(37-23)20-6-9-26-24(14-20)29(34-18-33-26)35-22-7-10-28(25(30)15-22)36-17-19-4-3-5-21(31)13-19/h3-11,13-15,18,32H,2,12,16-17H2,1H3,(H,33,34,35)/i3D,4D,5D,13D,17D2. The van der Waals surface area contributed by atoms with Crippen LogP contribution in [0.25, 0.3) is 22.2 Å². The number of ether oxygens (including phenoxy) is 1. The Labute approximate surface area is 227 Å². The molecule has 6 nitrogen and oxygen atoms in total. The van der Waals surface area contributed by atoms with E-state index >= 15 is 0 Å². The average molecular weight is 523 g/mol. The molecule has 0 aliphatic heterocycles. The van der Waals surface area contributed by atoms with E-state index in [0.29, 0.717) is 34.7 Å². The van der Waals surface area contributed by atoms with Crippen molar-refractivity contribution < 1.29 is 21.8 Å². The van der Waals surface area contributed by atoms with E-state index in [4.69, 9.17) is 29.0 Å². The van der Waals surface area contributed by atoms with Gasteiger partial charge >= 0.3 is 0 Å². The maximum Gasteiger partial charge on any atom is 0.141 e. The molecule has 0 aliphatic carbocycles. The molecule has 188 valence electrons. The third-order valence-electron chi connectivity index (χ3n) is 5.36. The first kappa shape index (κ1) is 18.3. The Bertz CT molecular complexity index is 1790. The van der Waals surface area contributed by atoms with Gasteiger partial charge in [0, 0.05) is 16.6 Å². The van der Waals surface area contributed by atoms with Crippen LogP contribution in [0.5, 0.6) is 5.75 Å². The molecule has 2 N–H and O–H groups in total. The second-order valence-corrected chi connectivity index (χ2v) is 8.47. The smallest absolute Gasteiger partial charge is 0.141 e. The quantitative estimate of drug-likeness (QED) is 0.185. The Morgan fingerprint density at radius 3 is 2.92 bits per heavy atom. The lowest BCUT2D eigenvalue weighted by Gasteiger charge is -2.12. The zero-order valence-corrected chi connectivity index (χ0v) is 20.5. The van der Waals surface area contributed by atoms with Gasteiger partial charge in [0.2, 0.25) is 0 Å². The minimum absolute atomic E-state index is 0.0190. The van der Waals surface area contributed by atoms with Crippen molar-refractivity contribution in [3.05, 3.63) is 101 Å². The number of hydrogen-bond acceptors (Lipinski definition) is 6. The normalized spacial score (nSPS) is 13.8. The fraction of sp³-hybridized carbons (Fsp3) is 0.172. The maximum absolute atomic E-state index is 14.3. The van der Waals surface area contributed by atoms with E-state index in [-0.39, 0.29) is 10.8 Å². The van der Waals surface area contributed by atoms with Crippen molar-refractivity contribution in [2.45, 2.75) is 26.4 Å². The van der Waals surface area contributed by atoms with Crippen molar-refractivity contribution >= 4 is 34.0 Å². The van der Waals surface area contributed by atoms with Crippen LogP contribution in [0.2, 0.25) is 5.02 Å². The predicted octanol–water partition coefficient (Wildman–Crippen LogP) is 7.50. The van der Waals surface area contributed by atoms with Crippen LogP contribution in [0.3, 0.4) is 0 Å². The number of aromatic nitrogens is 2. The molecule has 0 spiro atoms. The van der Waals surface area contributed by atoms with Crippen molar-refractivity contribution in [2.24, 2.45) is 0 Å². The molecule has 0 atom stereocenters. The second kappa shape index (κ2) is 11.4. The molecule has 2 aromatic heterocycles. The first-order valence-corrected chi connectivity index (χ1v) is 11.9. The van der Waals surface area contributed by atoms with Crippen molar-refractivity contribution in [2.75, 3.05) is 11.9 Å². The van der Waals surface area contributed by atoms with Crippen LogP contribution in [0, 0.1) is 5.82 Å². The topological polar surface area (TPSA) is 72.2 Å². The molecule has 0 fully saturated rings. The fourth-order valence-corrected chi connectivity index (χ4v) is 3.82. The number of rotatable bonds is 10. The molecular formula is C29H26ClFN4O2. The lowest BCUT2D eigenvalue weighted by Crippen LogP contribution is -2.12. The molecule has 37 heavy (non-hydrogen) atoms. The predicted molar refractivity (Wildman–Crippen MR) is 145 cm³/mol. The summed E-state index contributed by atoms with van der Waals surface area (Å²) in [5.41, 5.74) is 1.21. The van der Waals surface area contributed by atoms with Gasteiger partial charge in [-0.25, -0.2) is 14.4 Å². The molecule has 3 aromatic carbocycles. The van der Waals surface area contributed by atoms with Crippen molar-refractivity contribution in [3.8, 4) is 17.1 Å². The summed E-state index contributed by atoms with van der Waals surface area (Å²) in [7, 11) is 0. The third-order valence-corrected chi connectivity index (χ3v) is 5.66. The molecule has 5 aromatic rings. The zero-order valence-electron chi connectivity index (χ0n) is 25.8. The first-order chi connectivity index (χ1) is 20.5. The molecule has 0 bridgehead atoms. The van der Waals surface area contributed by atoms with Gasteiger partial charge in [0.25, 0.3) is 0 Å². The summed E-state index contributed by atoms with van der Waals surface area (Å²) in [6, 6.07) is 10.3. The van der Waals surface area contributed by atoms with Crippen LogP contribution < -0.4 is 15.4 Å². The number of nitrogens with zero attached hydrogens (tertiary/aromatic N) is 2. The van der Waals surface area contributed by atoms with Gasteiger partial charge in [0.05, 0.1) is 25.3 Å². The minimum Gasteiger partial charge on any atom is -0.487 e. The number of halogens is 2. The van der Waals surface area contributed by atoms with Gasteiger partial charge in [-0.1, -0.05) is 30.6 Å². The van der Waals surface area contributed by atoms with E-state index in [2.05, 4.69) is 27.5 Å². The van der Waals surface area contributed by atoms with E-state index in [0.717, 1.165) is 24.3 Å².